The quantitative estimate of drug-likeness (QED) is 0.655. The van der Waals surface area contributed by atoms with Crippen LogP contribution in [0, 0.1) is 0 Å². The van der Waals surface area contributed by atoms with Gasteiger partial charge in [0.05, 0.1) is 7.11 Å². The fraction of sp³-hybridized carbons (Fsp3) is 0.522. The molecule has 2 fully saturated rings. The second-order valence-corrected chi connectivity index (χ2v) is 8.70. The van der Waals surface area contributed by atoms with Gasteiger partial charge < -0.3 is 25.2 Å². The van der Waals surface area contributed by atoms with Gasteiger partial charge in [0.2, 0.25) is 5.95 Å². The summed E-state index contributed by atoms with van der Waals surface area (Å²) in [5.74, 6) is 3.38. The number of hydrogen-bond donors (Lipinski definition) is 2. The summed E-state index contributed by atoms with van der Waals surface area (Å²) in [5.41, 5.74) is 1.12. The number of rotatable bonds is 6. The first-order valence-electron chi connectivity index (χ1n) is 11.2. The third-order valence-corrected chi connectivity index (χ3v) is 6.31. The van der Waals surface area contributed by atoms with Crippen LogP contribution in [-0.2, 0) is 6.54 Å². The molecule has 0 bridgehead atoms. The van der Waals surface area contributed by atoms with Crippen LogP contribution in [0.4, 0.5) is 17.6 Å². The average Bonchev–Trinajstić information content (AvgIpc) is 3.33. The lowest BCUT2D eigenvalue weighted by Gasteiger charge is -2.35. The SMILES string of the molecule is COc1ccc(CNC(=S)Nc2nc(N3CCCC3)cc(N3CCCCC3C)n2)cc1. The summed E-state index contributed by atoms with van der Waals surface area (Å²) < 4.78 is 5.21. The largest absolute Gasteiger partial charge is 0.497 e. The summed E-state index contributed by atoms with van der Waals surface area (Å²) in [6.07, 6.45) is 6.12. The zero-order valence-electron chi connectivity index (χ0n) is 18.4. The first kappa shape index (κ1) is 21.6. The molecule has 8 heteroatoms. The number of methoxy groups -OCH3 is 1. The third kappa shape index (κ3) is 5.55. The van der Waals surface area contributed by atoms with Crippen LogP contribution in [0.1, 0.15) is 44.6 Å². The molecule has 2 aliphatic heterocycles. The monoisotopic (exact) mass is 440 g/mol. The van der Waals surface area contributed by atoms with E-state index in [1.165, 1.54) is 32.1 Å². The number of thiocarbonyl (C=S) groups is 1. The van der Waals surface area contributed by atoms with E-state index in [2.05, 4.69) is 33.4 Å². The van der Waals surface area contributed by atoms with Gasteiger partial charge in [-0.2, -0.15) is 9.97 Å². The molecule has 0 spiro atoms. The van der Waals surface area contributed by atoms with Gasteiger partial charge in [-0.1, -0.05) is 12.1 Å². The third-order valence-electron chi connectivity index (χ3n) is 6.06. The van der Waals surface area contributed by atoms with Crippen LogP contribution >= 0.6 is 12.2 Å². The van der Waals surface area contributed by atoms with Gasteiger partial charge in [-0.3, -0.25) is 0 Å². The second-order valence-electron chi connectivity index (χ2n) is 8.30. The highest BCUT2D eigenvalue weighted by Crippen LogP contribution is 2.28. The predicted octanol–water partition coefficient (Wildman–Crippen LogP) is 3.95. The molecule has 31 heavy (non-hydrogen) atoms. The molecule has 4 rings (SSSR count). The Morgan fingerprint density at radius 2 is 1.77 bits per heavy atom. The molecule has 2 aliphatic rings. The van der Waals surface area contributed by atoms with Crippen molar-refractivity contribution >= 4 is 34.9 Å². The lowest BCUT2D eigenvalue weighted by molar-refractivity contribution is 0.414. The van der Waals surface area contributed by atoms with E-state index in [-0.39, 0.29) is 0 Å². The number of nitrogens with one attached hydrogen (secondary N) is 2. The average molecular weight is 441 g/mol. The normalized spacial score (nSPS) is 18.7. The Labute approximate surface area is 190 Å². The van der Waals surface area contributed by atoms with Gasteiger partial charge in [0.25, 0.3) is 0 Å². The molecule has 0 amide bonds. The standard InChI is InChI=1S/C23H32N6OS/c1-17-7-3-4-14-29(17)21-15-20(28-12-5-6-13-28)25-22(26-21)27-23(31)24-16-18-8-10-19(30-2)11-9-18/h8-11,15,17H,3-7,12-14,16H2,1-2H3,(H2,24,25,26,27,31). The maximum Gasteiger partial charge on any atom is 0.232 e. The van der Waals surface area contributed by atoms with Crippen molar-refractivity contribution in [3.63, 3.8) is 0 Å². The summed E-state index contributed by atoms with van der Waals surface area (Å²) in [7, 11) is 1.67. The molecule has 3 heterocycles. The van der Waals surface area contributed by atoms with Crippen molar-refractivity contribution in [1.29, 1.82) is 0 Å². The number of nitrogens with zero attached hydrogens (tertiary/aromatic N) is 4. The zero-order valence-corrected chi connectivity index (χ0v) is 19.2. The summed E-state index contributed by atoms with van der Waals surface area (Å²) in [6, 6.07) is 10.6. The van der Waals surface area contributed by atoms with E-state index in [1.54, 1.807) is 7.11 Å². The minimum atomic E-state index is 0.489. The smallest absolute Gasteiger partial charge is 0.232 e. The lowest BCUT2D eigenvalue weighted by Crippen LogP contribution is -2.38. The van der Waals surface area contributed by atoms with Gasteiger partial charge in [-0.25, -0.2) is 0 Å². The predicted molar refractivity (Wildman–Crippen MR) is 130 cm³/mol. The molecule has 1 atom stereocenters. The maximum atomic E-state index is 5.53. The molecule has 1 aromatic heterocycles. The van der Waals surface area contributed by atoms with E-state index in [4.69, 9.17) is 26.9 Å². The minimum absolute atomic E-state index is 0.489. The fourth-order valence-electron chi connectivity index (χ4n) is 4.24. The Morgan fingerprint density at radius 1 is 1.06 bits per heavy atom. The van der Waals surface area contributed by atoms with Crippen molar-refractivity contribution in [2.75, 3.05) is 41.9 Å². The molecule has 1 unspecified atom stereocenters. The summed E-state index contributed by atoms with van der Waals surface area (Å²) in [6.45, 7) is 6.04. The van der Waals surface area contributed by atoms with E-state index < -0.39 is 0 Å². The van der Waals surface area contributed by atoms with Gasteiger partial charge >= 0.3 is 0 Å². The van der Waals surface area contributed by atoms with Crippen LogP contribution in [0.25, 0.3) is 0 Å². The molecule has 1 aromatic carbocycles. The molecule has 7 nitrogen and oxygen atoms in total. The number of piperidine rings is 1. The van der Waals surface area contributed by atoms with E-state index in [1.807, 2.05) is 24.3 Å². The topological polar surface area (TPSA) is 65.6 Å². The molecular formula is C23H32N6OS. The van der Waals surface area contributed by atoms with Gasteiger partial charge in [0.15, 0.2) is 5.11 Å². The summed E-state index contributed by atoms with van der Waals surface area (Å²) >= 11 is 5.53. The molecule has 0 aliphatic carbocycles. The molecule has 2 aromatic rings. The van der Waals surface area contributed by atoms with Crippen molar-refractivity contribution in [2.24, 2.45) is 0 Å². The maximum absolute atomic E-state index is 5.53. The Bertz CT molecular complexity index is 884. The highest BCUT2D eigenvalue weighted by molar-refractivity contribution is 7.80. The van der Waals surface area contributed by atoms with Crippen molar-refractivity contribution in [3.05, 3.63) is 35.9 Å². The van der Waals surface area contributed by atoms with E-state index in [0.717, 1.165) is 42.6 Å². The van der Waals surface area contributed by atoms with Crippen molar-refractivity contribution < 1.29 is 4.74 Å². The van der Waals surface area contributed by atoms with Crippen molar-refractivity contribution in [2.45, 2.75) is 51.6 Å². The van der Waals surface area contributed by atoms with Crippen molar-refractivity contribution in [1.82, 2.24) is 15.3 Å². The van der Waals surface area contributed by atoms with Gasteiger partial charge in [-0.15, -0.1) is 0 Å². The van der Waals surface area contributed by atoms with Gasteiger partial charge in [0, 0.05) is 38.3 Å². The number of aromatic nitrogens is 2. The first-order chi connectivity index (χ1) is 15.1. The van der Waals surface area contributed by atoms with Crippen LogP contribution in [0.5, 0.6) is 5.75 Å². The summed E-state index contributed by atoms with van der Waals surface area (Å²) in [4.78, 5) is 14.4. The molecule has 2 N–H and O–H groups in total. The Hall–Kier alpha value is -2.61. The van der Waals surface area contributed by atoms with E-state index >= 15 is 0 Å². The van der Waals surface area contributed by atoms with E-state index in [0.29, 0.717) is 23.6 Å². The molecule has 166 valence electrons. The van der Waals surface area contributed by atoms with Crippen LogP contribution in [0.15, 0.2) is 30.3 Å². The highest BCUT2D eigenvalue weighted by atomic mass is 32.1. The van der Waals surface area contributed by atoms with Crippen molar-refractivity contribution in [3.8, 4) is 5.75 Å². The number of ether oxygens (including phenoxy) is 1. The lowest BCUT2D eigenvalue weighted by atomic mass is 10.0. The number of hydrogen-bond acceptors (Lipinski definition) is 6. The first-order valence-corrected chi connectivity index (χ1v) is 11.6. The minimum Gasteiger partial charge on any atom is -0.497 e. The fourth-order valence-corrected chi connectivity index (χ4v) is 4.41. The van der Waals surface area contributed by atoms with E-state index in [9.17, 15) is 0 Å². The molecule has 0 saturated carbocycles. The van der Waals surface area contributed by atoms with Crippen LogP contribution in [0.3, 0.4) is 0 Å². The summed E-state index contributed by atoms with van der Waals surface area (Å²) in [5, 5.41) is 6.99. The Balaban J connectivity index is 1.47. The molecule has 0 radical (unpaired) electrons. The van der Waals surface area contributed by atoms with Crippen LogP contribution in [-0.4, -0.2) is 47.9 Å². The number of anilines is 3. The Kier molecular flexibility index (Phi) is 7.06. The molecule has 2 saturated heterocycles. The molecular weight excluding hydrogens is 408 g/mol. The highest BCUT2D eigenvalue weighted by Gasteiger charge is 2.23. The van der Waals surface area contributed by atoms with Gasteiger partial charge in [0.1, 0.15) is 17.4 Å². The second kappa shape index (κ2) is 10.1. The Morgan fingerprint density at radius 3 is 2.48 bits per heavy atom. The van der Waals surface area contributed by atoms with Crippen LogP contribution < -0.4 is 25.2 Å². The number of benzene rings is 1. The van der Waals surface area contributed by atoms with Crippen LogP contribution in [0.2, 0.25) is 0 Å². The van der Waals surface area contributed by atoms with Gasteiger partial charge in [-0.05, 0) is 68.9 Å². The zero-order chi connectivity index (χ0) is 21.6.